The lowest BCUT2D eigenvalue weighted by molar-refractivity contribution is 0.0954. The van der Waals surface area contributed by atoms with Crippen molar-refractivity contribution in [3.63, 3.8) is 0 Å². The molecule has 0 spiro atoms. The van der Waals surface area contributed by atoms with Gasteiger partial charge in [-0.3, -0.25) is 4.79 Å². The van der Waals surface area contributed by atoms with Gasteiger partial charge in [0.25, 0.3) is 5.91 Å². The van der Waals surface area contributed by atoms with E-state index < -0.39 is 0 Å². The molecule has 1 heterocycles. The molecular weight excluding hydrogens is 258 g/mol. The van der Waals surface area contributed by atoms with Gasteiger partial charge in [-0.05, 0) is 18.2 Å². The zero-order chi connectivity index (χ0) is 14.5. The number of aromatic nitrogens is 2. The monoisotopic (exact) mass is 275 g/mol. The number of H-pyrrole nitrogens is 1. The number of aromatic amines is 1. The van der Waals surface area contributed by atoms with Crippen molar-refractivity contribution in [2.75, 3.05) is 27.2 Å². The first kappa shape index (κ1) is 13.9. The second-order valence-electron chi connectivity index (χ2n) is 4.52. The molecule has 0 fully saturated rings. The summed E-state index contributed by atoms with van der Waals surface area (Å²) in [4.78, 5) is 31.7. The highest BCUT2D eigenvalue weighted by molar-refractivity contribution is 5.97. The molecule has 0 aliphatic heterocycles. The third kappa shape index (κ3) is 3.25. The lowest BCUT2D eigenvalue weighted by Gasteiger charge is -2.12. The molecule has 20 heavy (non-hydrogen) atoms. The standard InChI is InChI=1S/C13H17N5O2/c1-18(2)13(20)15-6-5-14-12(19)9-3-4-10-11(7-9)17-8-16-10/h3-4,7-8H,5-6H2,1-2H3,(H,14,19)(H,15,20)(H,16,17). The maximum Gasteiger partial charge on any atom is 0.316 e. The Hall–Kier alpha value is -2.57. The number of carbonyl (C=O) groups excluding carboxylic acids is 2. The van der Waals surface area contributed by atoms with Crippen molar-refractivity contribution in [2.45, 2.75) is 0 Å². The Labute approximate surface area is 116 Å². The second-order valence-corrected chi connectivity index (χ2v) is 4.52. The largest absolute Gasteiger partial charge is 0.350 e. The number of fused-ring (bicyclic) bond motifs is 1. The van der Waals surface area contributed by atoms with Crippen LogP contribution in [0.4, 0.5) is 4.79 Å². The van der Waals surface area contributed by atoms with Gasteiger partial charge in [0.1, 0.15) is 0 Å². The molecule has 2 rings (SSSR count). The minimum absolute atomic E-state index is 0.180. The Morgan fingerprint density at radius 1 is 1.25 bits per heavy atom. The van der Waals surface area contributed by atoms with Crippen LogP contribution in [-0.4, -0.2) is 54.0 Å². The predicted octanol–water partition coefficient (Wildman–Crippen LogP) is 0.564. The zero-order valence-corrected chi connectivity index (χ0v) is 11.4. The molecule has 106 valence electrons. The van der Waals surface area contributed by atoms with Crippen LogP contribution in [0.2, 0.25) is 0 Å². The Morgan fingerprint density at radius 3 is 2.75 bits per heavy atom. The fourth-order valence-electron chi connectivity index (χ4n) is 1.68. The number of amides is 3. The van der Waals surface area contributed by atoms with E-state index in [-0.39, 0.29) is 11.9 Å². The van der Waals surface area contributed by atoms with E-state index in [1.54, 1.807) is 38.6 Å². The van der Waals surface area contributed by atoms with E-state index in [1.165, 1.54) is 4.90 Å². The molecule has 1 aromatic heterocycles. The van der Waals surface area contributed by atoms with Crippen LogP contribution < -0.4 is 10.6 Å². The number of imidazole rings is 1. The number of urea groups is 1. The first-order valence-corrected chi connectivity index (χ1v) is 6.24. The molecule has 0 saturated heterocycles. The van der Waals surface area contributed by atoms with E-state index in [0.717, 1.165) is 11.0 Å². The van der Waals surface area contributed by atoms with E-state index in [1.807, 2.05) is 0 Å². The number of hydrogen-bond donors (Lipinski definition) is 3. The van der Waals surface area contributed by atoms with E-state index in [4.69, 9.17) is 0 Å². The maximum atomic E-state index is 11.9. The average molecular weight is 275 g/mol. The highest BCUT2D eigenvalue weighted by Crippen LogP contribution is 2.11. The van der Waals surface area contributed by atoms with Crippen molar-refractivity contribution in [1.82, 2.24) is 25.5 Å². The Balaban J connectivity index is 1.84. The summed E-state index contributed by atoms with van der Waals surface area (Å²) in [6, 6.07) is 5.07. The molecule has 3 N–H and O–H groups in total. The third-order valence-electron chi connectivity index (χ3n) is 2.78. The highest BCUT2D eigenvalue weighted by Gasteiger charge is 2.07. The summed E-state index contributed by atoms with van der Waals surface area (Å²) in [6.07, 6.45) is 1.59. The van der Waals surface area contributed by atoms with Crippen LogP contribution in [0.5, 0.6) is 0 Å². The first-order valence-electron chi connectivity index (χ1n) is 6.24. The quantitative estimate of drug-likeness (QED) is 0.712. The summed E-state index contributed by atoms with van der Waals surface area (Å²) in [5.41, 5.74) is 2.19. The second kappa shape index (κ2) is 6.05. The molecule has 0 bridgehead atoms. The first-order chi connectivity index (χ1) is 9.58. The minimum Gasteiger partial charge on any atom is -0.350 e. The van der Waals surface area contributed by atoms with E-state index in [2.05, 4.69) is 20.6 Å². The van der Waals surface area contributed by atoms with Gasteiger partial charge in [0.05, 0.1) is 17.4 Å². The molecule has 1 aromatic carbocycles. The number of carbonyl (C=O) groups is 2. The number of benzene rings is 1. The van der Waals surface area contributed by atoms with E-state index >= 15 is 0 Å². The van der Waals surface area contributed by atoms with Crippen LogP contribution >= 0.6 is 0 Å². The van der Waals surface area contributed by atoms with Crippen LogP contribution in [0.15, 0.2) is 24.5 Å². The Kier molecular flexibility index (Phi) is 4.19. The summed E-state index contributed by atoms with van der Waals surface area (Å²) in [7, 11) is 3.32. The van der Waals surface area contributed by atoms with Crippen LogP contribution in [0, 0.1) is 0 Å². The number of hydrogen-bond acceptors (Lipinski definition) is 3. The molecule has 0 atom stereocenters. The molecule has 2 aromatic rings. The van der Waals surface area contributed by atoms with Crippen molar-refractivity contribution in [3.8, 4) is 0 Å². The molecule has 7 heteroatoms. The Morgan fingerprint density at radius 2 is 2.00 bits per heavy atom. The molecule has 0 unspecified atom stereocenters. The third-order valence-corrected chi connectivity index (χ3v) is 2.78. The van der Waals surface area contributed by atoms with Gasteiger partial charge < -0.3 is 20.5 Å². The Bertz CT molecular complexity index is 620. The number of rotatable bonds is 4. The van der Waals surface area contributed by atoms with E-state index in [9.17, 15) is 9.59 Å². The fourth-order valence-corrected chi connectivity index (χ4v) is 1.68. The zero-order valence-electron chi connectivity index (χ0n) is 11.4. The topological polar surface area (TPSA) is 90.1 Å². The van der Waals surface area contributed by atoms with Crippen molar-refractivity contribution < 1.29 is 9.59 Å². The van der Waals surface area contributed by atoms with Crippen LogP contribution in [0.1, 0.15) is 10.4 Å². The maximum absolute atomic E-state index is 11.9. The van der Waals surface area contributed by atoms with Crippen LogP contribution in [-0.2, 0) is 0 Å². The van der Waals surface area contributed by atoms with Crippen molar-refractivity contribution in [2.24, 2.45) is 0 Å². The van der Waals surface area contributed by atoms with E-state index in [0.29, 0.717) is 18.7 Å². The van der Waals surface area contributed by atoms with Crippen LogP contribution in [0.25, 0.3) is 11.0 Å². The van der Waals surface area contributed by atoms with Gasteiger partial charge in [0.15, 0.2) is 0 Å². The van der Waals surface area contributed by atoms with Gasteiger partial charge in [-0.25, -0.2) is 9.78 Å². The molecular formula is C13H17N5O2. The summed E-state index contributed by atoms with van der Waals surface area (Å²) in [6.45, 7) is 0.758. The molecule has 0 aliphatic carbocycles. The summed E-state index contributed by atoms with van der Waals surface area (Å²) in [5.74, 6) is -0.180. The van der Waals surface area contributed by atoms with Gasteiger partial charge >= 0.3 is 6.03 Å². The summed E-state index contributed by atoms with van der Waals surface area (Å²) < 4.78 is 0. The van der Waals surface area contributed by atoms with Crippen LogP contribution in [0.3, 0.4) is 0 Å². The lowest BCUT2D eigenvalue weighted by Crippen LogP contribution is -2.39. The van der Waals surface area contributed by atoms with Gasteiger partial charge in [-0.1, -0.05) is 0 Å². The van der Waals surface area contributed by atoms with Gasteiger partial charge in [0.2, 0.25) is 0 Å². The minimum atomic E-state index is -0.182. The van der Waals surface area contributed by atoms with Gasteiger partial charge in [0, 0.05) is 32.7 Å². The fraction of sp³-hybridized carbons (Fsp3) is 0.308. The van der Waals surface area contributed by atoms with Crippen molar-refractivity contribution in [3.05, 3.63) is 30.1 Å². The number of nitrogens with one attached hydrogen (secondary N) is 3. The molecule has 0 aliphatic rings. The predicted molar refractivity (Wildman–Crippen MR) is 75.5 cm³/mol. The SMILES string of the molecule is CN(C)C(=O)NCCNC(=O)c1ccc2nc[nH]c2c1. The lowest BCUT2D eigenvalue weighted by atomic mass is 10.2. The number of nitrogens with zero attached hydrogens (tertiary/aromatic N) is 2. The smallest absolute Gasteiger partial charge is 0.316 e. The normalized spacial score (nSPS) is 10.3. The summed E-state index contributed by atoms with van der Waals surface area (Å²) >= 11 is 0. The molecule has 3 amide bonds. The molecule has 0 radical (unpaired) electrons. The molecule has 7 nitrogen and oxygen atoms in total. The summed E-state index contributed by atoms with van der Waals surface area (Å²) in [5, 5.41) is 5.41. The van der Waals surface area contributed by atoms with Gasteiger partial charge in [-0.2, -0.15) is 0 Å². The van der Waals surface area contributed by atoms with Crippen molar-refractivity contribution in [1.29, 1.82) is 0 Å². The van der Waals surface area contributed by atoms with Gasteiger partial charge in [-0.15, -0.1) is 0 Å². The van der Waals surface area contributed by atoms with Crippen molar-refractivity contribution >= 4 is 23.0 Å². The molecule has 0 saturated carbocycles. The highest BCUT2D eigenvalue weighted by atomic mass is 16.2. The average Bonchev–Trinajstić information content (AvgIpc) is 2.90.